The highest BCUT2D eigenvalue weighted by Crippen LogP contribution is 2.30. The first-order valence-corrected chi connectivity index (χ1v) is 17.2. The second-order valence-corrected chi connectivity index (χ2v) is 14.2. The van der Waals surface area contributed by atoms with Crippen LogP contribution in [-0.4, -0.2) is 79.2 Å². The minimum Gasteiger partial charge on any atom is -0.478 e. The summed E-state index contributed by atoms with van der Waals surface area (Å²) in [6.07, 6.45) is 6.14. The molecule has 280 valence electrons. The van der Waals surface area contributed by atoms with E-state index in [1.54, 1.807) is 47.1 Å². The molecule has 0 amide bonds. The summed E-state index contributed by atoms with van der Waals surface area (Å²) in [6.45, 7) is 9.27. The Balaban J connectivity index is 0.000000178. The Morgan fingerprint density at radius 2 is 1.38 bits per heavy atom. The number of ether oxygens (including phenoxy) is 2. The van der Waals surface area contributed by atoms with Gasteiger partial charge in [-0.25, -0.2) is 29.5 Å². The van der Waals surface area contributed by atoms with E-state index in [0.717, 1.165) is 32.9 Å². The number of methoxy groups -OCH3 is 1. The number of fused-ring (bicyclic) bond motifs is 4. The number of esters is 2. The maximum atomic E-state index is 12.4. The van der Waals surface area contributed by atoms with Crippen LogP contribution in [0.3, 0.4) is 0 Å². The van der Waals surface area contributed by atoms with Crippen LogP contribution < -0.4 is 0 Å². The van der Waals surface area contributed by atoms with Gasteiger partial charge in [0.25, 0.3) is 0 Å². The van der Waals surface area contributed by atoms with Crippen molar-refractivity contribution in [2.24, 2.45) is 19.5 Å². The highest BCUT2D eigenvalue weighted by molar-refractivity contribution is 6.03. The Labute approximate surface area is 313 Å². The van der Waals surface area contributed by atoms with E-state index >= 15 is 0 Å². The SMILES string of the molecule is COC(=O)c1cn(COC(=O)C(C)(C)C)c2ncc(-c3nn(C)c4cc(C)ccc34)nc12.Cc1ccc2c(-c3cnc4[nH]cc(C(=O)O)c4n3)nn(C)c2c1. The molecule has 6 heterocycles. The number of aromatic carboxylic acids is 1. The summed E-state index contributed by atoms with van der Waals surface area (Å²) in [6, 6.07) is 12.1. The van der Waals surface area contributed by atoms with Gasteiger partial charge in [-0.2, -0.15) is 10.2 Å². The van der Waals surface area contributed by atoms with Crippen molar-refractivity contribution >= 4 is 62.0 Å². The van der Waals surface area contributed by atoms with Crippen LogP contribution in [0.25, 0.3) is 66.9 Å². The number of nitrogens with one attached hydrogen (secondary N) is 1. The lowest BCUT2D eigenvalue weighted by molar-refractivity contribution is -0.156. The van der Waals surface area contributed by atoms with Crippen molar-refractivity contribution in [3.8, 4) is 22.8 Å². The number of rotatable bonds is 6. The van der Waals surface area contributed by atoms with E-state index < -0.39 is 17.4 Å². The van der Waals surface area contributed by atoms with Crippen LogP contribution in [-0.2, 0) is 35.1 Å². The van der Waals surface area contributed by atoms with Crippen molar-refractivity contribution in [3.05, 3.63) is 83.4 Å². The zero-order valence-corrected chi connectivity index (χ0v) is 31.5. The molecule has 55 heavy (non-hydrogen) atoms. The van der Waals surface area contributed by atoms with Gasteiger partial charge in [-0.1, -0.05) is 24.3 Å². The third-order valence-electron chi connectivity index (χ3n) is 9.03. The number of hydrogen-bond donors (Lipinski definition) is 2. The lowest BCUT2D eigenvalue weighted by atomic mass is 9.98. The second kappa shape index (κ2) is 13.8. The van der Waals surface area contributed by atoms with E-state index in [9.17, 15) is 19.5 Å². The van der Waals surface area contributed by atoms with E-state index in [1.165, 1.54) is 19.5 Å². The molecule has 0 unspecified atom stereocenters. The highest BCUT2D eigenvalue weighted by Gasteiger charge is 2.25. The van der Waals surface area contributed by atoms with Gasteiger partial charge in [-0.3, -0.25) is 18.7 Å². The summed E-state index contributed by atoms with van der Waals surface area (Å²) in [7, 11) is 5.05. The minimum absolute atomic E-state index is 0.0938. The van der Waals surface area contributed by atoms with Gasteiger partial charge < -0.3 is 19.6 Å². The molecule has 8 aromatic rings. The van der Waals surface area contributed by atoms with Gasteiger partial charge in [0.05, 0.1) is 36.0 Å². The van der Waals surface area contributed by atoms with Crippen molar-refractivity contribution in [3.63, 3.8) is 0 Å². The normalized spacial score (nSPS) is 11.6. The molecule has 6 aromatic heterocycles. The van der Waals surface area contributed by atoms with E-state index in [2.05, 4.69) is 42.3 Å². The number of carbonyl (C=O) groups is 3. The number of nitrogens with zero attached hydrogens (tertiary/aromatic N) is 9. The zero-order chi connectivity index (χ0) is 39.3. The number of carbonyl (C=O) groups excluding carboxylic acids is 2. The van der Waals surface area contributed by atoms with Crippen LogP contribution in [0.5, 0.6) is 0 Å². The number of H-pyrrole nitrogens is 1. The fraction of sp³-hybridized carbons (Fsp3) is 0.256. The maximum Gasteiger partial charge on any atom is 0.341 e. The number of carboxylic acid groups (broad SMARTS) is 1. The fourth-order valence-electron chi connectivity index (χ4n) is 6.15. The van der Waals surface area contributed by atoms with Crippen molar-refractivity contribution in [2.45, 2.75) is 41.3 Å². The molecular weight excluding hydrogens is 704 g/mol. The molecule has 2 N–H and O–H groups in total. The summed E-state index contributed by atoms with van der Waals surface area (Å²) in [5, 5.41) is 20.3. The highest BCUT2D eigenvalue weighted by atomic mass is 16.5. The average Bonchev–Trinajstić information content (AvgIpc) is 3.91. The predicted molar refractivity (Wildman–Crippen MR) is 204 cm³/mol. The Hall–Kier alpha value is -6.97. The third-order valence-corrected chi connectivity index (χ3v) is 9.03. The fourth-order valence-corrected chi connectivity index (χ4v) is 6.15. The smallest absolute Gasteiger partial charge is 0.341 e. The quantitative estimate of drug-likeness (QED) is 0.185. The van der Waals surface area contributed by atoms with Crippen LogP contribution in [0.2, 0.25) is 0 Å². The van der Waals surface area contributed by atoms with Crippen molar-refractivity contribution in [1.29, 1.82) is 0 Å². The van der Waals surface area contributed by atoms with Gasteiger partial charge in [0, 0.05) is 37.3 Å². The van der Waals surface area contributed by atoms with Gasteiger partial charge in [-0.05, 0) is 57.9 Å². The number of carboxylic acids is 1. The van der Waals surface area contributed by atoms with Crippen LogP contribution in [0.1, 0.15) is 52.6 Å². The summed E-state index contributed by atoms with van der Waals surface area (Å²) >= 11 is 0. The van der Waals surface area contributed by atoms with E-state index in [0.29, 0.717) is 45.1 Å². The molecule has 0 saturated carbocycles. The predicted octanol–water partition coefficient (Wildman–Crippen LogP) is 6.15. The molecule has 0 atom stereocenters. The third kappa shape index (κ3) is 6.73. The summed E-state index contributed by atoms with van der Waals surface area (Å²) in [5.41, 5.74) is 7.91. The number of benzene rings is 2. The molecule has 0 radical (unpaired) electrons. The lowest BCUT2D eigenvalue weighted by Gasteiger charge is -2.16. The number of hydrogen-bond acceptors (Lipinski definition) is 11. The number of aromatic nitrogens is 10. The molecule has 16 heteroatoms. The Kier molecular flexibility index (Phi) is 9.12. The van der Waals surface area contributed by atoms with Crippen LogP contribution >= 0.6 is 0 Å². The molecule has 0 aliphatic rings. The largest absolute Gasteiger partial charge is 0.478 e. The molecule has 16 nitrogen and oxygen atoms in total. The Morgan fingerprint density at radius 3 is 1.93 bits per heavy atom. The summed E-state index contributed by atoms with van der Waals surface area (Å²) in [5.74, 6) is -1.95. The summed E-state index contributed by atoms with van der Waals surface area (Å²) < 4.78 is 15.5. The van der Waals surface area contributed by atoms with Crippen molar-refractivity contribution in [2.75, 3.05) is 7.11 Å². The molecule has 0 aliphatic heterocycles. The molecule has 0 aliphatic carbocycles. The van der Waals surface area contributed by atoms with E-state index in [-0.39, 0.29) is 23.8 Å². The first-order chi connectivity index (χ1) is 26.1. The molecule has 0 fully saturated rings. The lowest BCUT2D eigenvalue weighted by Crippen LogP contribution is -2.24. The minimum atomic E-state index is -1.04. The van der Waals surface area contributed by atoms with E-state index in [1.807, 2.05) is 52.2 Å². The maximum absolute atomic E-state index is 12.4. The molecule has 0 bridgehead atoms. The first kappa shape index (κ1) is 36.4. The average molecular weight is 743 g/mol. The first-order valence-electron chi connectivity index (χ1n) is 17.2. The van der Waals surface area contributed by atoms with Crippen LogP contribution in [0.4, 0.5) is 0 Å². The van der Waals surface area contributed by atoms with Crippen molar-refractivity contribution < 1.29 is 29.0 Å². The molecule has 0 saturated heterocycles. The standard InChI is InChI=1S/C23H25N5O4.C16H13N5O2/c1-13-7-8-14-17(9-13)27(5)26-18(14)16-10-24-20-19(25-16)15(21(29)31-6)11-28(20)12-32-22(30)23(2,3)4;1-8-3-4-9-12(5-8)21(2)20-13(9)11-7-18-15-14(19-11)10(6-17-15)16(22)23/h7-11H,12H2,1-6H3;3-7H,1-2H3,(H,17,18)(H,22,23). The molecule has 0 spiro atoms. The van der Waals surface area contributed by atoms with Crippen LogP contribution in [0, 0.1) is 19.3 Å². The summed E-state index contributed by atoms with van der Waals surface area (Å²) in [4.78, 5) is 56.6. The Morgan fingerprint density at radius 1 is 0.818 bits per heavy atom. The monoisotopic (exact) mass is 742 g/mol. The van der Waals surface area contributed by atoms with Gasteiger partial charge in [0.15, 0.2) is 18.0 Å². The van der Waals surface area contributed by atoms with Gasteiger partial charge >= 0.3 is 17.9 Å². The Bertz CT molecular complexity index is 2820. The number of aryl methyl sites for hydroxylation is 4. The molecule has 8 rings (SSSR count). The second-order valence-electron chi connectivity index (χ2n) is 14.2. The van der Waals surface area contributed by atoms with Crippen LogP contribution in [0.15, 0.2) is 61.2 Å². The van der Waals surface area contributed by atoms with E-state index in [4.69, 9.17) is 14.5 Å². The zero-order valence-electron chi connectivity index (χ0n) is 31.5. The van der Waals surface area contributed by atoms with Gasteiger partial charge in [0.2, 0.25) is 0 Å². The van der Waals surface area contributed by atoms with Crippen molar-refractivity contribution in [1.82, 2.24) is 49.0 Å². The number of aromatic amines is 1. The van der Waals surface area contributed by atoms with Gasteiger partial charge in [0.1, 0.15) is 44.9 Å². The van der Waals surface area contributed by atoms with Gasteiger partial charge in [-0.15, -0.1) is 0 Å². The topological polar surface area (TPSA) is 198 Å². The molecule has 2 aromatic carbocycles. The molecular formula is C39H38N10O6.